The first kappa shape index (κ1) is 13.7. The van der Waals surface area contributed by atoms with E-state index in [9.17, 15) is 4.39 Å². The standard InChI is InChI=1S/C13H16ClFN2S/c1-9(14)13-16-12-10(15)5-3-6-11(12)17(13)7-4-8-18-2/h3,5-6,9H,4,7-8H2,1-2H3. The summed E-state index contributed by atoms with van der Waals surface area (Å²) in [7, 11) is 0. The Bertz CT molecular complexity index is 539. The normalized spacial score (nSPS) is 13.1. The van der Waals surface area contributed by atoms with Gasteiger partial charge in [0.25, 0.3) is 0 Å². The van der Waals surface area contributed by atoms with E-state index in [1.54, 1.807) is 17.8 Å². The van der Waals surface area contributed by atoms with Gasteiger partial charge in [-0.1, -0.05) is 6.07 Å². The van der Waals surface area contributed by atoms with Gasteiger partial charge in [0.2, 0.25) is 0 Å². The number of hydrogen-bond donors (Lipinski definition) is 0. The summed E-state index contributed by atoms with van der Waals surface area (Å²) in [4.78, 5) is 4.34. The van der Waals surface area contributed by atoms with Crippen molar-refractivity contribution in [2.24, 2.45) is 0 Å². The molecule has 2 rings (SSSR count). The molecule has 0 radical (unpaired) electrons. The van der Waals surface area contributed by atoms with Gasteiger partial charge in [0, 0.05) is 6.54 Å². The summed E-state index contributed by atoms with van der Waals surface area (Å²) >= 11 is 7.94. The molecule has 98 valence electrons. The minimum Gasteiger partial charge on any atom is -0.327 e. The van der Waals surface area contributed by atoms with Crippen LogP contribution in [-0.2, 0) is 6.54 Å². The molecule has 1 atom stereocenters. The van der Waals surface area contributed by atoms with Gasteiger partial charge < -0.3 is 4.57 Å². The fraction of sp³-hybridized carbons (Fsp3) is 0.462. The molecule has 0 N–H and O–H groups in total. The van der Waals surface area contributed by atoms with E-state index in [2.05, 4.69) is 11.2 Å². The zero-order valence-corrected chi connectivity index (χ0v) is 12.1. The van der Waals surface area contributed by atoms with Crippen LogP contribution in [0.1, 0.15) is 24.5 Å². The van der Waals surface area contributed by atoms with Gasteiger partial charge in [0.05, 0.1) is 10.9 Å². The largest absolute Gasteiger partial charge is 0.327 e. The first-order chi connectivity index (χ1) is 8.65. The highest BCUT2D eigenvalue weighted by atomic mass is 35.5. The number of thioether (sulfide) groups is 1. The molecule has 0 amide bonds. The third-order valence-corrected chi connectivity index (χ3v) is 3.74. The second kappa shape index (κ2) is 5.93. The van der Waals surface area contributed by atoms with Crippen molar-refractivity contribution in [1.29, 1.82) is 0 Å². The SMILES string of the molecule is CSCCCn1c(C(C)Cl)nc2c(F)cccc21. The number of aromatic nitrogens is 2. The predicted molar refractivity (Wildman–Crippen MR) is 77.0 cm³/mol. The molecule has 0 aliphatic rings. The van der Waals surface area contributed by atoms with Gasteiger partial charge in [-0.25, -0.2) is 9.37 Å². The lowest BCUT2D eigenvalue weighted by atomic mass is 10.3. The molecular formula is C13H16ClFN2S. The Hall–Kier alpha value is -0.740. The van der Waals surface area contributed by atoms with Crippen LogP contribution in [0.5, 0.6) is 0 Å². The molecule has 0 saturated carbocycles. The van der Waals surface area contributed by atoms with Crippen LogP contribution in [-0.4, -0.2) is 21.6 Å². The van der Waals surface area contributed by atoms with Gasteiger partial charge in [-0.3, -0.25) is 0 Å². The molecule has 5 heteroatoms. The lowest BCUT2D eigenvalue weighted by Gasteiger charge is -2.09. The van der Waals surface area contributed by atoms with Crippen molar-refractivity contribution in [2.75, 3.05) is 12.0 Å². The number of benzene rings is 1. The fourth-order valence-electron chi connectivity index (χ4n) is 2.04. The summed E-state index contributed by atoms with van der Waals surface area (Å²) in [5.74, 6) is 1.54. The Morgan fingerprint density at radius 3 is 2.94 bits per heavy atom. The molecule has 0 aliphatic heterocycles. The van der Waals surface area contributed by atoms with E-state index in [4.69, 9.17) is 11.6 Å². The third kappa shape index (κ3) is 2.64. The van der Waals surface area contributed by atoms with Crippen LogP contribution in [0.4, 0.5) is 4.39 Å². The monoisotopic (exact) mass is 286 g/mol. The summed E-state index contributed by atoms with van der Waals surface area (Å²) in [6.45, 7) is 2.69. The lowest BCUT2D eigenvalue weighted by Crippen LogP contribution is -2.05. The number of fused-ring (bicyclic) bond motifs is 1. The van der Waals surface area contributed by atoms with Gasteiger partial charge in [-0.15, -0.1) is 11.6 Å². The number of para-hydroxylation sites is 1. The molecule has 0 bridgehead atoms. The van der Waals surface area contributed by atoms with Gasteiger partial charge >= 0.3 is 0 Å². The number of imidazole rings is 1. The van der Waals surface area contributed by atoms with Crippen molar-refractivity contribution in [1.82, 2.24) is 9.55 Å². The smallest absolute Gasteiger partial charge is 0.151 e. The van der Waals surface area contributed by atoms with E-state index in [0.29, 0.717) is 5.52 Å². The van der Waals surface area contributed by atoms with Gasteiger partial charge in [0.15, 0.2) is 5.82 Å². The fourth-order valence-corrected chi connectivity index (χ4v) is 2.62. The zero-order chi connectivity index (χ0) is 13.1. The average Bonchev–Trinajstić information content (AvgIpc) is 2.70. The molecule has 1 heterocycles. The highest BCUT2D eigenvalue weighted by Gasteiger charge is 2.16. The van der Waals surface area contributed by atoms with Crippen LogP contribution in [0.2, 0.25) is 0 Å². The molecule has 0 spiro atoms. The van der Waals surface area contributed by atoms with E-state index >= 15 is 0 Å². The first-order valence-corrected chi connectivity index (χ1v) is 7.76. The molecule has 18 heavy (non-hydrogen) atoms. The van der Waals surface area contributed by atoms with Crippen molar-refractivity contribution in [3.63, 3.8) is 0 Å². The summed E-state index contributed by atoms with van der Waals surface area (Å²) in [6, 6.07) is 5.05. The number of hydrogen-bond acceptors (Lipinski definition) is 2. The topological polar surface area (TPSA) is 17.8 Å². The first-order valence-electron chi connectivity index (χ1n) is 5.92. The summed E-state index contributed by atoms with van der Waals surface area (Å²) in [6.07, 6.45) is 3.11. The van der Waals surface area contributed by atoms with Gasteiger partial charge in [0.1, 0.15) is 11.3 Å². The Balaban J connectivity index is 2.46. The number of rotatable bonds is 5. The lowest BCUT2D eigenvalue weighted by molar-refractivity contribution is 0.637. The molecule has 1 unspecified atom stereocenters. The maximum Gasteiger partial charge on any atom is 0.151 e. The molecule has 0 saturated heterocycles. The summed E-state index contributed by atoms with van der Waals surface area (Å²) in [5, 5.41) is -0.217. The van der Waals surface area contributed by atoms with Crippen molar-refractivity contribution in [3.8, 4) is 0 Å². The van der Waals surface area contributed by atoms with E-state index in [0.717, 1.165) is 30.1 Å². The summed E-state index contributed by atoms with van der Waals surface area (Å²) < 4.78 is 15.7. The van der Waals surface area contributed by atoms with E-state index in [-0.39, 0.29) is 11.2 Å². The van der Waals surface area contributed by atoms with E-state index in [1.807, 2.05) is 17.6 Å². The van der Waals surface area contributed by atoms with E-state index in [1.165, 1.54) is 6.07 Å². The van der Waals surface area contributed by atoms with Crippen LogP contribution in [0, 0.1) is 5.82 Å². The predicted octanol–water partition coefficient (Wildman–Crippen LogP) is 4.23. The van der Waals surface area contributed by atoms with Crippen LogP contribution in [0.15, 0.2) is 18.2 Å². The Morgan fingerprint density at radius 2 is 2.28 bits per heavy atom. The van der Waals surface area contributed by atoms with E-state index < -0.39 is 0 Å². The quantitative estimate of drug-likeness (QED) is 0.605. The van der Waals surface area contributed by atoms with Crippen molar-refractivity contribution in [2.45, 2.75) is 25.3 Å². The van der Waals surface area contributed by atoms with Crippen LogP contribution in [0.25, 0.3) is 11.0 Å². The minimum atomic E-state index is -0.283. The minimum absolute atomic E-state index is 0.217. The van der Waals surface area contributed by atoms with Crippen LogP contribution in [0.3, 0.4) is 0 Å². The van der Waals surface area contributed by atoms with Crippen LogP contribution < -0.4 is 0 Å². The maximum absolute atomic E-state index is 13.7. The Kier molecular flexibility index (Phi) is 4.51. The highest BCUT2D eigenvalue weighted by molar-refractivity contribution is 7.98. The van der Waals surface area contributed by atoms with Crippen LogP contribution >= 0.6 is 23.4 Å². The Labute approximate surface area is 116 Å². The summed E-state index contributed by atoms with van der Waals surface area (Å²) in [5.41, 5.74) is 1.25. The maximum atomic E-state index is 13.7. The van der Waals surface area contributed by atoms with Gasteiger partial charge in [-0.05, 0) is 37.5 Å². The number of halogens is 2. The highest BCUT2D eigenvalue weighted by Crippen LogP contribution is 2.26. The second-order valence-corrected chi connectivity index (χ2v) is 5.83. The molecule has 0 fully saturated rings. The zero-order valence-electron chi connectivity index (χ0n) is 10.5. The number of aryl methyl sites for hydroxylation is 1. The molecular weight excluding hydrogens is 271 g/mol. The van der Waals surface area contributed by atoms with Crippen molar-refractivity contribution >= 4 is 34.4 Å². The molecule has 1 aromatic carbocycles. The molecule has 2 nitrogen and oxygen atoms in total. The third-order valence-electron chi connectivity index (χ3n) is 2.85. The van der Waals surface area contributed by atoms with Crippen molar-refractivity contribution in [3.05, 3.63) is 29.8 Å². The Morgan fingerprint density at radius 1 is 1.50 bits per heavy atom. The molecule has 2 aromatic rings. The average molecular weight is 287 g/mol. The number of alkyl halides is 1. The molecule has 1 aromatic heterocycles. The van der Waals surface area contributed by atoms with Crippen molar-refractivity contribution < 1.29 is 4.39 Å². The molecule has 0 aliphatic carbocycles. The van der Waals surface area contributed by atoms with Gasteiger partial charge in [-0.2, -0.15) is 11.8 Å². The number of nitrogens with zero attached hydrogens (tertiary/aromatic N) is 2. The second-order valence-electron chi connectivity index (χ2n) is 4.19.